The summed E-state index contributed by atoms with van der Waals surface area (Å²) < 4.78 is 7.07. The topological polar surface area (TPSA) is 90.9 Å². The van der Waals surface area contributed by atoms with Gasteiger partial charge < -0.3 is 9.64 Å². The number of carbonyl (C=O) groups is 1. The van der Waals surface area contributed by atoms with Crippen LogP contribution in [0.2, 0.25) is 0 Å². The number of rotatable bonds is 5. The zero-order valence-electron chi connectivity index (χ0n) is 15.7. The second-order valence-electron chi connectivity index (χ2n) is 6.72. The first-order valence-corrected chi connectivity index (χ1v) is 10.1. The average molecular weight is 409 g/mol. The predicted octanol–water partition coefficient (Wildman–Crippen LogP) is 1.35. The number of benzene rings is 1. The molecule has 1 amide bonds. The molecule has 3 aromatic rings. The van der Waals surface area contributed by atoms with Crippen molar-refractivity contribution in [2.75, 3.05) is 32.8 Å². The van der Waals surface area contributed by atoms with Crippen LogP contribution in [0.3, 0.4) is 0 Å². The molecule has 0 atom stereocenters. The smallest absolute Gasteiger partial charge is 0.260 e. The summed E-state index contributed by atoms with van der Waals surface area (Å²) in [6.07, 6.45) is 1.73. The second kappa shape index (κ2) is 8.43. The fourth-order valence-corrected chi connectivity index (χ4v) is 3.95. The van der Waals surface area contributed by atoms with E-state index in [0.717, 1.165) is 5.69 Å². The van der Waals surface area contributed by atoms with E-state index in [1.807, 2.05) is 11.4 Å². The third-order valence-electron chi connectivity index (χ3n) is 4.81. The van der Waals surface area contributed by atoms with Crippen molar-refractivity contribution in [1.82, 2.24) is 19.2 Å². The number of nitriles is 1. The highest BCUT2D eigenvalue weighted by molar-refractivity contribution is 7.15. The molecular formula is C20H19N5O3S. The third kappa shape index (κ3) is 4.45. The highest BCUT2D eigenvalue weighted by atomic mass is 32.1. The van der Waals surface area contributed by atoms with Crippen molar-refractivity contribution in [2.24, 2.45) is 0 Å². The minimum absolute atomic E-state index is 0.0285. The van der Waals surface area contributed by atoms with Gasteiger partial charge in [-0.1, -0.05) is 0 Å². The van der Waals surface area contributed by atoms with Crippen molar-refractivity contribution in [3.05, 3.63) is 63.5 Å². The van der Waals surface area contributed by atoms with Gasteiger partial charge in [0.05, 0.1) is 17.3 Å². The zero-order valence-corrected chi connectivity index (χ0v) is 16.5. The number of thiazole rings is 1. The first-order chi connectivity index (χ1) is 14.1. The lowest BCUT2D eigenvalue weighted by Gasteiger charge is -2.34. The first kappa shape index (κ1) is 19.1. The molecule has 8 nitrogen and oxygen atoms in total. The number of amides is 1. The van der Waals surface area contributed by atoms with Crippen molar-refractivity contribution in [1.29, 1.82) is 5.26 Å². The van der Waals surface area contributed by atoms with Crippen molar-refractivity contribution in [3.63, 3.8) is 0 Å². The Morgan fingerprint density at radius 2 is 1.97 bits per heavy atom. The molecular weight excluding hydrogens is 390 g/mol. The van der Waals surface area contributed by atoms with E-state index in [4.69, 9.17) is 10.00 Å². The maximum atomic E-state index is 12.4. The van der Waals surface area contributed by atoms with Crippen LogP contribution in [0.25, 0.3) is 4.96 Å². The Kier molecular flexibility index (Phi) is 5.55. The molecule has 1 aliphatic heterocycles. The van der Waals surface area contributed by atoms with Gasteiger partial charge in [-0.2, -0.15) is 5.26 Å². The Hall–Kier alpha value is -3.22. The quantitative estimate of drug-likeness (QED) is 0.632. The number of aromatic nitrogens is 2. The summed E-state index contributed by atoms with van der Waals surface area (Å²) in [6, 6.07) is 10.3. The number of carbonyl (C=O) groups excluding carboxylic acids is 1. The average Bonchev–Trinajstić information content (AvgIpc) is 3.22. The highest BCUT2D eigenvalue weighted by Gasteiger charge is 2.22. The van der Waals surface area contributed by atoms with Gasteiger partial charge in [0.1, 0.15) is 5.75 Å². The van der Waals surface area contributed by atoms with E-state index >= 15 is 0 Å². The molecule has 1 aliphatic rings. The Bertz CT molecular complexity index is 1110. The van der Waals surface area contributed by atoms with Crippen LogP contribution in [-0.4, -0.2) is 57.9 Å². The van der Waals surface area contributed by atoms with Crippen LogP contribution in [0.15, 0.2) is 46.7 Å². The van der Waals surface area contributed by atoms with Crippen molar-refractivity contribution >= 4 is 22.2 Å². The Labute approximate surface area is 171 Å². The van der Waals surface area contributed by atoms with Gasteiger partial charge in [-0.3, -0.25) is 18.9 Å². The van der Waals surface area contributed by atoms with Crippen molar-refractivity contribution < 1.29 is 9.53 Å². The lowest BCUT2D eigenvalue weighted by Crippen LogP contribution is -2.49. The molecule has 1 saturated heterocycles. The molecule has 0 saturated carbocycles. The third-order valence-corrected chi connectivity index (χ3v) is 5.57. The molecule has 0 N–H and O–H groups in total. The van der Waals surface area contributed by atoms with Crippen LogP contribution in [0.4, 0.5) is 0 Å². The van der Waals surface area contributed by atoms with Crippen LogP contribution in [0.5, 0.6) is 5.75 Å². The summed E-state index contributed by atoms with van der Waals surface area (Å²) in [4.78, 5) is 33.7. The van der Waals surface area contributed by atoms with E-state index in [-0.39, 0.29) is 18.1 Å². The summed E-state index contributed by atoms with van der Waals surface area (Å²) >= 11 is 1.44. The predicted molar refractivity (Wildman–Crippen MR) is 108 cm³/mol. The van der Waals surface area contributed by atoms with Gasteiger partial charge in [-0.05, 0) is 24.3 Å². The zero-order chi connectivity index (χ0) is 20.2. The first-order valence-electron chi connectivity index (χ1n) is 9.21. The summed E-state index contributed by atoms with van der Waals surface area (Å²) in [5.74, 6) is 0.503. The SMILES string of the molecule is N#Cc1ccc(OCC(=O)N2CCN(Cc3cc(=O)n4ccsc4n3)CC2)cc1. The fourth-order valence-electron chi connectivity index (χ4n) is 3.22. The monoisotopic (exact) mass is 409 g/mol. The maximum absolute atomic E-state index is 12.4. The number of hydrogen-bond donors (Lipinski definition) is 0. The number of piperazine rings is 1. The van der Waals surface area contributed by atoms with E-state index in [9.17, 15) is 9.59 Å². The van der Waals surface area contributed by atoms with Gasteiger partial charge in [0, 0.05) is 50.4 Å². The van der Waals surface area contributed by atoms with Crippen LogP contribution in [-0.2, 0) is 11.3 Å². The molecule has 148 valence electrons. The molecule has 2 aromatic heterocycles. The maximum Gasteiger partial charge on any atom is 0.260 e. The van der Waals surface area contributed by atoms with E-state index in [0.29, 0.717) is 49.0 Å². The molecule has 0 radical (unpaired) electrons. The number of hydrogen-bond acceptors (Lipinski definition) is 7. The summed E-state index contributed by atoms with van der Waals surface area (Å²) in [7, 11) is 0. The van der Waals surface area contributed by atoms with Gasteiger partial charge >= 0.3 is 0 Å². The minimum Gasteiger partial charge on any atom is -0.484 e. The second-order valence-corrected chi connectivity index (χ2v) is 7.60. The van der Waals surface area contributed by atoms with E-state index in [1.165, 1.54) is 11.3 Å². The molecule has 0 aliphatic carbocycles. The van der Waals surface area contributed by atoms with Gasteiger partial charge in [-0.25, -0.2) is 4.98 Å². The van der Waals surface area contributed by atoms with Gasteiger partial charge in [0.25, 0.3) is 11.5 Å². The van der Waals surface area contributed by atoms with Crippen molar-refractivity contribution in [2.45, 2.75) is 6.54 Å². The van der Waals surface area contributed by atoms with Gasteiger partial charge in [-0.15, -0.1) is 11.3 Å². The molecule has 1 fully saturated rings. The van der Waals surface area contributed by atoms with E-state index < -0.39 is 0 Å². The summed E-state index contributed by atoms with van der Waals surface area (Å²) in [5.41, 5.74) is 1.23. The highest BCUT2D eigenvalue weighted by Crippen LogP contribution is 2.13. The Balaban J connectivity index is 1.27. The van der Waals surface area contributed by atoms with E-state index in [1.54, 1.807) is 45.8 Å². The number of fused-ring (bicyclic) bond motifs is 1. The summed E-state index contributed by atoms with van der Waals surface area (Å²) in [6.45, 7) is 3.21. The van der Waals surface area contributed by atoms with Crippen molar-refractivity contribution in [3.8, 4) is 11.8 Å². The van der Waals surface area contributed by atoms with Crippen LogP contribution < -0.4 is 10.3 Å². The molecule has 0 spiro atoms. The Morgan fingerprint density at radius 1 is 1.21 bits per heavy atom. The lowest BCUT2D eigenvalue weighted by atomic mass is 10.2. The largest absolute Gasteiger partial charge is 0.484 e. The van der Waals surface area contributed by atoms with Gasteiger partial charge in [0.2, 0.25) is 0 Å². The normalized spacial score (nSPS) is 14.7. The minimum atomic E-state index is -0.0694. The number of nitrogens with zero attached hydrogens (tertiary/aromatic N) is 5. The molecule has 1 aromatic carbocycles. The fraction of sp³-hybridized carbons (Fsp3) is 0.300. The van der Waals surface area contributed by atoms with Gasteiger partial charge in [0.15, 0.2) is 11.6 Å². The molecule has 4 rings (SSSR count). The standard InChI is InChI=1S/C20H19N5O3S/c21-12-15-1-3-17(4-2-15)28-14-19(27)24-7-5-23(6-8-24)13-16-11-18(26)25-9-10-29-20(25)22-16/h1-4,9-11H,5-8,13-14H2. The number of ether oxygens (including phenoxy) is 1. The molecule has 9 heteroatoms. The van der Waals surface area contributed by atoms with Crippen LogP contribution >= 0.6 is 11.3 Å². The molecule has 0 unspecified atom stereocenters. The van der Waals surface area contributed by atoms with Crippen LogP contribution in [0.1, 0.15) is 11.3 Å². The molecule has 0 bridgehead atoms. The lowest BCUT2D eigenvalue weighted by molar-refractivity contribution is -0.135. The van der Waals surface area contributed by atoms with E-state index in [2.05, 4.69) is 9.88 Å². The Morgan fingerprint density at radius 3 is 2.69 bits per heavy atom. The molecule has 3 heterocycles. The molecule has 29 heavy (non-hydrogen) atoms. The summed E-state index contributed by atoms with van der Waals surface area (Å²) in [5, 5.41) is 10.7. The van der Waals surface area contributed by atoms with Crippen LogP contribution in [0, 0.1) is 11.3 Å².